The predicted octanol–water partition coefficient (Wildman–Crippen LogP) is 1.80. The van der Waals surface area contributed by atoms with Crippen LogP contribution >= 0.6 is 0 Å². The lowest BCUT2D eigenvalue weighted by atomic mass is 9.77. The summed E-state index contributed by atoms with van der Waals surface area (Å²) in [6.07, 6.45) is 0.192. The average Bonchev–Trinajstić information content (AvgIpc) is 2.72. The molecule has 2 unspecified atom stereocenters. The highest BCUT2D eigenvalue weighted by atomic mass is 16.2. The largest absolute Gasteiger partial charge is 0.322 e. The van der Waals surface area contributed by atoms with Gasteiger partial charge in [0.1, 0.15) is 0 Å². The molecule has 0 bridgehead atoms. The van der Waals surface area contributed by atoms with Gasteiger partial charge in [0.25, 0.3) is 5.91 Å². The van der Waals surface area contributed by atoms with Crippen molar-refractivity contribution in [3.05, 3.63) is 65.7 Å². The quantitative estimate of drug-likeness (QED) is 0.836. The fourth-order valence-electron chi connectivity index (χ4n) is 3.61. The summed E-state index contributed by atoms with van der Waals surface area (Å²) in [6, 6.07) is 16.7. The van der Waals surface area contributed by atoms with Crippen LogP contribution < -0.4 is 16.4 Å². The molecule has 0 radical (unpaired) electrons. The molecule has 3 atom stereocenters. The second-order valence-electron chi connectivity index (χ2n) is 6.71. The maximum absolute atomic E-state index is 13.1. The third-order valence-corrected chi connectivity index (χ3v) is 4.94. The number of benzene rings is 2. The molecule has 4 N–H and O–H groups in total. The molecular weight excluding hydrogens is 314 g/mol. The molecule has 5 heteroatoms. The Hall–Kier alpha value is -2.50. The monoisotopic (exact) mass is 337 g/mol. The highest BCUT2D eigenvalue weighted by Crippen LogP contribution is 2.41. The Balaban J connectivity index is 2.21. The Morgan fingerprint density at radius 2 is 1.76 bits per heavy atom. The van der Waals surface area contributed by atoms with Gasteiger partial charge in [0, 0.05) is 18.7 Å². The first kappa shape index (κ1) is 17.3. The number of ketones is 1. The van der Waals surface area contributed by atoms with Gasteiger partial charge < -0.3 is 16.4 Å². The average molecular weight is 337 g/mol. The summed E-state index contributed by atoms with van der Waals surface area (Å²) in [5, 5.41) is 0. The van der Waals surface area contributed by atoms with Gasteiger partial charge in [-0.2, -0.15) is 0 Å². The molecule has 1 amide bonds. The highest BCUT2D eigenvalue weighted by molar-refractivity contribution is 6.18. The molecule has 0 spiro atoms. The fraction of sp³-hybridized carbons (Fsp3) is 0.300. The number of amides is 1. The number of hydrogen-bond donors (Lipinski definition) is 2. The van der Waals surface area contributed by atoms with E-state index in [9.17, 15) is 9.59 Å². The second-order valence-corrected chi connectivity index (χ2v) is 6.71. The summed E-state index contributed by atoms with van der Waals surface area (Å²) in [5.41, 5.74) is 13.3. The number of carbonyl (C=O) groups is 2. The maximum atomic E-state index is 13.1. The molecule has 2 aromatic rings. The minimum absolute atomic E-state index is 0.168. The molecule has 25 heavy (non-hydrogen) atoms. The summed E-state index contributed by atoms with van der Waals surface area (Å²) in [5.74, 6) is -1.02. The van der Waals surface area contributed by atoms with Gasteiger partial charge in [-0.05, 0) is 30.5 Å². The van der Waals surface area contributed by atoms with Crippen LogP contribution in [0.3, 0.4) is 0 Å². The van der Waals surface area contributed by atoms with E-state index in [2.05, 4.69) is 0 Å². The van der Waals surface area contributed by atoms with E-state index in [1.54, 1.807) is 14.0 Å². The van der Waals surface area contributed by atoms with Gasteiger partial charge in [0.15, 0.2) is 11.3 Å². The van der Waals surface area contributed by atoms with Crippen molar-refractivity contribution in [2.75, 3.05) is 11.9 Å². The molecule has 5 nitrogen and oxygen atoms in total. The van der Waals surface area contributed by atoms with E-state index in [4.69, 9.17) is 11.5 Å². The van der Waals surface area contributed by atoms with Crippen molar-refractivity contribution in [3.8, 4) is 0 Å². The standard InChI is InChI=1S/C20H23N3O2/c1-13(21)18(24)20(22)12-16(14-8-4-3-5-9-14)15-10-6-7-11-17(15)23(2)19(20)25/h3-11,13,16H,12,21-22H2,1-2H3/t13-,16?,20?/m0/s1. The number of carbonyl (C=O) groups excluding carboxylic acids is 2. The molecule has 3 rings (SSSR count). The van der Waals surface area contributed by atoms with Gasteiger partial charge in [-0.1, -0.05) is 48.5 Å². The van der Waals surface area contributed by atoms with Crippen molar-refractivity contribution < 1.29 is 9.59 Å². The molecule has 1 aliphatic heterocycles. The number of Topliss-reactive ketones (excluding diaryl/α,β-unsaturated/α-hetero) is 1. The number of fused-ring (bicyclic) bond motifs is 1. The second kappa shape index (κ2) is 6.43. The third kappa shape index (κ3) is 2.86. The van der Waals surface area contributed by atoms with Gasteiger partial charge in [0.2, 0.25) is 0 Å². The van der Waals surface area contributed by atoms with Gasteiger partial charge in [-0.3, -0.25) is 9.59 Å². The molecular formula is C20H23N3O2. The Bertz CT molecular complexity index is 804. The maximum Gasteiger partial charge on any atom is 0.254 e. The van der Waals surface area contributed by atoms with E-state index in [-0.39, 0.29) is 12.3 Å². The van der Waals surface area contributed by atoms with Crippen molar-refractivity contribution in [2.45, 2.75) is 30.8 Å². The first-order valence-electron chi connectivity index (χ1n) is 8.37. The van der Waals surface area contributed by atoms with Crippen LogP contribution in [0.1, 0.15) is 30.4 Å². The van der Waals surface area contributed by atoms with E-state index < -0.39 is 23.3 Å². The van der Waals surface area contributed by atoms with Crippen molar-refractivity contribution in [1.82, 2.24) is 0 Å². The molecule has 130 valence electrons. The fourth-order valence-corrected chi connectivity index (χ4v) is 3.61. The Morgan fingerprint density at radius 3 is 2.40 bits per heavy atom. The van der Waals surface area contributed by atoms with Gasteiger partial charge >= 0.3 is 0 Å². The number of anilines is 1. The van der Waals surface area contributed by atoms with Gasteiger partial charge in [-0.25, -0.2) is 0 Å². The molecule has 1 aliphatic rings. The lowest BCUT2D eigenvalue weighted by Gasteiger charge is -2.31. The van der Waals surface area contributed by atoms with E-state index in [1.807, 2.05) is 54.6 Å². The SMILES string of the molecule is C[C@H](N)C(=O)C1(N)CC(c2ccccc2)c2ccccc2N(C)C1=O. The lowest BCUT2D eigenvalue weighted by Crippen LogP contribution is -2.63. The summed E-state index contributed by atoms with van der Waals surface area (Å²) in [7, 11) is 1.66. The molecule has 0 aromatic heterocycles. The Labute approximate surface area is 147 Å². The van der Waals surface area contributed by atoms with Gasteiger partial charge in [0.05, 0.1) is 6.04 Å². The topological polar surface area (TPSA) is 89.4 Å². The lowest BCUT2D eigenvalue weighted by molar-refractivity contribution is -0.135. The zero-order chi connectivity index (χ0) is 18.2. The normalized spacial score (nSPS) is 24.4. The molecule has 0 aliphatic carbocycles. The predicted molar refractivity (Wildman–Crippen MR) is 98.3 cm³/mol. The number of nitrogens with zero attached hydrogens (tertiary/aromatic N) is 1. The number of nitrogens with two attached hydrogens (primary N) is 2. The van der Waals surface area contributed by atoms with E-state index in [0.29, 0.717) is 0 Å². The summed E-state index contributed by atoms with van der Waals surface area (Å²) >= 11 is 0. The minimum atomic E-state index is -1.65. The molecule has 1 heterocycles. The van der Waals surface area contributed by atoms with E-state index in [0.717, 1.165) is 16.8 Å². The van der Waals surface area contributed by atoms with Crippen LogP contribution in [0.2, 0.25) is 0 Å². The summed E-state index contributed by atoms with van der Waals surface area (Å²) in [6.45, 7) is 1.57. The summed E-state index contributed by atoms with van der Waals surface area (Å²) in [4.78, 5) is 27.3. The van der Waals surface area contributed by atoms with Crippen molar-refractivity contribution >= 4 is 17.4 Å². The highest BCUT2D eigenvalue weighted by Gasteiger charge is 2.49. The van der Waals surface area contributed by atoms with E-state index in [1.165, 1.54) is 4.90 Å². The number of likely N-dealkylation sites (N-methyl/N-ethyl adjacent to an activating group) is 1. The Kier molecular flexibility index (Phi) is 4.45. The smallest absolute Gasteiger partial charge is 0.254 e. The zero-order valence-corrected chi connectivity index (χ0v) is 14.5. The van der Waals surface area contributed by atoms with Crippen LogP contribution in [0.5, 0.6) is 0 Å². The third-order valence-electron chi connectivity index (χ3n) is 4.94. The van der Waals surface area contributed by atoms with Crippen molar-refractivity contribution in [3.63, 3.8) is 0 Å². The summed E-state index contributed by atoms with van der Waals surface area (Å²) < 4.78 is 0. The van der Waals surface area contributed by atoms with Crippen LogP contribution in [0, 0.1) is 0 Å². The first-order chi connectivity index (χ1) is 11.9. The molecule has 0 saturated carbocycles. The van der Waals surface area contributed by atoms with Crippen LogP contribution in [0.25, 0.3) is 0 Å². The molecule has 2 aromatic carbocycles. The first-order valence-corrected chi connectivity index (χ1v) is 8.37. The van der Waals surface area contributed by atoms with E-state index >= 15 is 0 Å². The van der Waals surface area contributed by atoms with Crippen LogP contribution in [-0.4, -0.2) is 30.3 Å². The molecule has 0 saturated heterocycles. The number of para-hydroxylation sites is 1. The molecule has 0 fully saturated rings. The van der Waals surface area contributed by atoms with Gasteiger partial charge in [-0.15, -0.1) is 0 Å². The van der Waals surface area contributed by atoms with Crippen molar-refractivity contribution in [2.24, 2.45) is 11.5 Å². The van der Waals surface area contributed by atoms with Crippen LogP contribution in [-0.2, 0) is 9.59 Å². The number of rotatable bonds is 3. The minimum Gasteiger partial charge on any atom is -0.322 e. The van der Waals surface area contributed by atoms with Crippen LogP contribution in [0.15, 0.2) is 54.6 Å². The number of hydrogen-bond acceptors (Lipinski definition) is 4. The Morgan fingerprint density at radius 1 is 1.16 bits per heavy atom. The van der Waals surface area contributed by atoms with Crippen molar-refractivity contribution in [1.29, 1.82) is 0 Å². The van der Waals surface area contributed by atoms with Crippen LogP contribution in [0.4, 0.5) is 5.69 Å². The zero-order valence-electron chi connectivity index (χ0n) is 14.5.